The van der Waals surface area contributed by atoms with Gasteiger partial charge in [0.1, 0.15) is 0 Å². The van der Waals surface area contributed by atoms with E-state index in [0.717, 1.165) is 178 Å². The smallest absolute Gasteiger partial charge is 0.407 e. The van der Waals surface area contributed by atoms with Crippen LogP contribution in [0.15, 0.2) is 0 Å². The maximum atomic E-state index is 11.0. The van der Waals surface area contributed by atoms with Gasteiger partial charge in [-0.05, 0) is 267 Å². The van der Waals surface area contributed by atoms with Gasteiger partial charge in [0.25, 0.3) is 5.17 Å². The summed E-state index contributed by atoms with van der Waals surface area (Å²) in [7, 11) is 0. The van der Waals surface area contributed by atoms with Crippen molar-refractivity contribution in [2.45, 2.75) is 422 Å². The lowest BCUT2D eigenvalue weighted by atomic mass is 10.0. The standard InChI is InChI=1S/C9H20N2O.C9H20N2S.C9H19NO.C9H19NS.C8H18N2O.C8H18N2S.C8H17NO2.C8H17NOS.3C8H19N.C7H16.C6H14S.CH4/c2*1-7(2)5-10-9(12)11-6-8(3)4;2*1-7(2)5-9(11)10-6-8(3)4;2*1-6(2)5-9-8(11)10-7(3)4;1-6(2)5-9-8(10)11-7(3)4;1-6(2)5-9-8(11)10-7(3)4;3*1-7(2)5-9-6-8(3)4;1-6(2)5-7(3)4;1-5(2)7-6(3)4;/h2*7-8H,5-6H2,1-4H3,(H2,10,11,12);2*7-8H,5-6H2,1-4H3,(H,10,11);2*6-7H,5H2,1-4H3,(H2,9,10,11);6-7H,5H2,1-4H3,(H,9,10);6-7H,5H2,1-4H3,(H,9,11);3*7-9H,5-6H2,1-4H3;6-7H,5H2,1-4H3;5-6H,1-4H3;1H4. The summed E-state index contributed by atoms with van der Waals surface area (Å²) in [4.78, 5) is 44.8. The Bertz CT molecular complexity index is 2060. The second-order valence-corrected chi connectivity index (χ2v) is 48.0. The molecule has 0 rings (SSSR count). The van der Waals surface area contributed by atoms with Crippen LogP contribution in [0.2, 0.25) is 0 Å². The second-order valence-electron chi connectivity index (χ2n) is 44.2. The first kappa shape index (κ1) is 159. The van der Waals surface area contributed by atoms with Crippen LogP contribution in [0.25, 0.3) is 0 Å². The summed E-state index contributed by atoms with van der Waals surface area (Å²) in [6, 6.07) is 0.496. The third-order valence-electron chi connectivity index (χ3n) is 14.3. The first-order valence-corrected chi connectivity index (χ1v) is 53.7. The molecule has 0 atom stereocenters. The molecule has 0 saturated heterocycles. The predicted molar refractivity (Wildman–Crippen MR) is 614 cm³/mol. The van der Waals surface area contributed by atoms with Crippen LogP contribution in [-0.2, 0) is 14.3 Å². The van der Waals surface area contributed by atoms with Gasteiger partial charge in [-0.15, -0.1) is 0 Å². The van der Waals surface area contributed by atoms with Crippen molar-refractivity contribution >= 4 is 105 Å². The SMILES string of the molecule is C.CC(C)CC(C)C.CC(C)CNC(=O)CC(C)C.CC(C)CNC(=O)NC(C)C.CC(C)CNC(=O)NCC(C)C.CC(C)CNC(=O)OC(C)C.CC(C)CNC(=S)CC(C)C.CC(C)CNC(=S)NC(C)C.CC(C)CNC(=S)NCC(C)C.CC(C)CNC(=S)OC(C)C.CC(C)CNCC(C)C.CC(C)CNCC(C)C.CC(C)CNCC(C)C.CC(C)SC(C)C. The summed E-state index contributed by atoms with van der Waals surface area (Å²) < 4.78 is 10.1. The molecule has 21 nitrogen and oxygen atoms in total. The van der Waals surface area contributed by atoms with E-state index in [1.807, 2.05) is 67.2 Å². The second kappa shape index (κ2) is 111. The predicted octanol–water partition coefficient (Wildman–Crippen LogP) is 25.9. The number of urea groups is 2. The van der Waals surface area contributed by atoms with Gasteiger partial charge in [0.2, 0.25) is 5.91 Å². The molecule has 0 unspecified atom stereocenters. The Labute approximate surface area is 852 Å². The number of rotatable bonds is 44. The molecule has 0 fully saturated rings. The minimum atomic E-state index is -0.325. The highest BCUT2D eigenvalue weighted by molar-refractivity contribution is 8.00. The van der Waals surface area contributed by atoms with Crippen LogP contribution in [-0.4, -0.2) is 184 Å². The zero-order valence-corrected chi connectivity index (χ0v) is 101. The Kier molecular flexibility index (Phi) is 134. The monoisotopic (exact) mass is 1980 g/mol. The van der Waals surface area contributed by atoms with Crippen molar-refractivity contribution in [3.63, 3.8) is 0 Å². The summed E-state index contributed by atoms with van der Waals surface area (Å²) in [5.74, 6) is 13.5. The van der Waals surface area contributed by atoms with E-state index in [0.29, 0.717) is 95.2 Å². The molecule has 0 aliphatic carbocycles. The largest absolute Gasteiger partial charge is 0.468 e. The molecule has 26 heteroatoms. The molecule has 6 amide bonds. The van der Waals surface area contributed by atoms with Crippen LogP contribution < -0.4 is 79.8 Å². The number of carbonyl (C=O) groups excluding carboxylic acids is 4. The average Bonchev–Trinajstić information content (AvgIpc) is 1.02. The van der Waals surface area contributed by atoms with Crippen molar-refractivity contribution in [2.24, 2.45) is 118 Å². The third kappa shape index (κ3) is 214. The Hall–Kier alpha value is -3.53. The van der Waals surface area contributed by atoms with Crippen LogP contribution >= 0.6 is 60.6 Å². The van der Waals surface area contributed by atoms with Crippen LogP contribution in [0.4, 0.5) is 14.4 Å². The van der Waals surface area contributed by atoms with Gasteiger partial charge < -0.3 is 89.2 Å². The van der Waals surface area contributed by atoms with E-state index in [4.69, 9.17) is 58.3 Å². The molecule has 0 aliphatic rings. The Morgan fingerprint density at radius 2 is 0.470 bits per heavy atom. The van der Waals surface area contributed by atoms with Gasteiger partial charge in [-0.2, -0.15) is 11.8 Å². The van der Waals surface area contributed by atoms with Gasteiger partial charge in [-0.3, -0.25) is 4.79 Å². The molecule has 0 heterocycles. The van der Waals surface area contributed by atoms with Crippen LogP contribution in [0, 0.1) is 118 Å². The summed E-state index contributed by atoms with van der Waals surface area (Å²) in [5, 5.41) is 49.2. The molecule has 0 aromatic carbocycles. The molecule has 0 radical (unpaired) electrons. The molecule has 15 N–H and O–H groups in total. The van der Waals surface area contributed by atoms with E-state index >= 15 is 0 Å². The lowest BCUT2D eigenvalue weighted by molar-refractivity contribution is -0.121. The molecular weight excluding hydrogens is 1740 g/mol. The number of nitrogens with one attached hydrogen (secondary N) is 15. The fourth-order valence-corrected chi connectivity index (χ4v) is 10.9. The van der Waals surface area contributed by atoms with E-state index in [2.05, 4.69) is 384 Å². The average molecular weight is 1980 g/mol. The lowest BCUT2D eigenvalue weighted by Crippen LogP contribution is -2.40. The van der Waals surface area contributed by atoms with Gasteiger partial charge in [-0.1, -0.05) is 324 Å². The minimum absolute atomic E-state index is 0. The van der Waals surface area contributed by atoms with Crippen molar-refractivity contribution in [3.8, 4) is 0 Å². The third-order valence-corrected chi connectivity index (χ3v) is 16.5. The number of hydrogen-bond acceptors (Lipinski definition) is 14. The molecule has 0 aromatic heterocycles. The molecule has 804 valence electrons. The van der Waals surface area contributed by atoms with Gasteiger partial charge >= 0.3 is 18.2 Å². The first-order chi connectivity index (χ1) is 59.8. The molecule has 132 heavy (non-hydrogen) atoms. The zero-order valence-electron chi connectivity index (χ0n) is 96.4. The van der Waals surface area contributed by atoms with E-state index in [1.165, 1.54) is 6.42 Å². The van der Waals surface area contributed by atoms with Gasteiger partial charge in [0.05, 0.1) is 17.2 Å². The van der Waals surface area contributed by atoms with Crippen molar-refractivity contribution in [3.05, 3.63) is 0 Å². The van der Waals surface area contributed by atoms with Crippen LogP contribution in [0.5, 0.6) is 0 Å². The molecule has 0 spiro atoms. The maximum absolute atomic E-state index is 11.0. The lowest BCUT2D eigenvalue weighted by Gasteiger charge is -2.14. The number of alkyl carbamates (subject to hydrolysis) is 1. The highest BCUT2D eigenvalue weighted by Crippen LogP contribution is 2.15. The Balaban J connectivity index is -0.0000000954. The van der Waals surface area contributed by atoms with E-state index < -0.39 is 0 Å². The number of ether oxygens (including phenoxy) is 2. The minimum Gasteiger partial charge on any atom is -0.468 e. The van der Waals surface area contributed by atoms with Crippen molar-refractivity contribution in [2.75, 3.05) is 105 Å². The first-order valence-electron chi connectivity index (χ1n) is 51.1. The van der Waals surface area contributed by atoms with E-state index in [9.17, 15) is 19.2 Å². The molecule has 0 aromatic rings. The van der Waals surface area contributed by atoms with Crippen LogP contribution in [0.3, 0.4) is 0 Å². The van der Waals surface area contributed by atoms with E-state index in [-0.39, 0.29) is 49.7 Å². The van der Waals surface area contributed by atoms with Gasteiger partial charge in [0.15, 0.2) is 10.2 Å². The molecular formula is C106H239N15O6S5. The summed E-state index contributed by atoms with van der Waals surface area (Å²) >= 11 is 22.2. The van der Waals surface area contributed by atoms with Crippen LogP contribution in [0.1, 0.15) is 387 Å². The normalized spacial score (nSPS) is 10.7. The van der Waals surface area contributed by atoms with E-state index in [1.54, 1.807) is 0 Å². The van der Waals surface area contributed by atoms with Crippen molar-refractivity contribution in [1.29, 1.82) is 0 Å². The van der Waals surface area contributed by atoms with Crippen molar-refractivity contribution in [1.82, 2.24) is 79.8 Å². The Morgan fingerprint density at radius 3 is 0.697 bits per heavy atom. The fraction of sp³-hybridized carbons (Fsp3) is 0.925. The number of thioether (sulfide) groups is 1. The number of amides is 6. The van der Waals surface area contributed by atoms with Gasteiger partial charge in [0, 0.05) is 90.4 Å². The fourth-order valence-electron chi connectivity index (χ4n) is 8.61. The number of thiocarbonyl (C=S) groups is 4. The highest BCUT2D eigenvalue weighted by atomic mass is 32.2. The quantitative estimate of drug-likeness (QED) is 0.0253. The number of hydrogen-bond donors (Lipinski definition) is 15. The molecule has 0 bridgehead atoms. The number of carbonyl (C=O) groups is 4. The topological polar surface area (TPSA) is 267 Å². The maximum Gasteiger partial charge on any atom is 0.407 e. The zero-order chi connectivity index (χ0) is 106. The van der Waals surface area contributed by atoms with Gasteiger partial charge in [-0.25, -0.2) is 14.4 Å². The Morgan fingerprint density at radius 1 is 0.235 bits per heavy atom. The summed E-state index contributed by atoms with van der Waals surface area (Å²) in [5.41, 5.74) is 0. The summed E-state index contributed by atoms with van der Waals surface area (Å²) in [6.07, 6.45) is 2.83. The molecule has 0 saturated carbocycles. The summed E-state index contributed by atoms with van der Waals surface area (Å²) in [6.45, 7) is 126. The van der Waals surface area contributed by atoms with Crippen molar-refractivity contribution < 1.29 is 28.7 Å². The molecule has 0 aliphatic heterocycles. The highest BCUT2D eigenvalue weighted by Gasteiger charge is 2.10.